The van der Waals surface area contributed by atoms with Gasteiger partial charge in [-0.2, -0.15) is 5.10 Å². The van der Waals surface area contributed by atoms with Gasteiger partial charge in [-0.1, -0.05) is 19.1 Å². The Balaban J connectivity index is 2.17. The fraction of sp³-hybridized carbons (Fsp3) is 0.357. The molecule has 2 rings (SSSR count). The van der Waals surface area contributed by atoms with Crippen molar-refractivity contribution in [2.75, 3.05) is 6.61 Å². The molecule has 1 aromatic heterocycles. The Morgan fingerprint density at radius 1 is 1.39 bits per heavy atom. The molecule has 0 saturated heterocycles. The molecular formula is C14H19N3O. The first kappa shape index (κ1) is 12.6. The molecule has 0 aliphatic heterocycles. The van der Waals surface area contributed by atoms with E-state index in [2.05, 4.69) is 12.0 Å². The van der Waals surface area contributed by atoms with Crippen LogP contribution in [0.3, 0.4) is 0 Å². The summed E-state index contributed by atoms with van der Waals surface area (Å²) in [5.74, 6) is 0.869. The van der Waals surface area contributed by atoms with Crippen molar-refractivity contribution in [3.63, 3.8) is 0 Å². The molecule has 0 fully saturated rings. The van der Waals surface area contributed by atoms with E-state index in [1.54, 1.807) is 10.9 Å². The number of rotatable bonds is 5. The summed E-state index contributed by atoms with van der Waals surface area (Å²) in [6, 6.07) is 7.76. The van der Waals surface area contributed by atoms with Gasteiger partial charge in [-0.3, -0.25) is 4.68 Å². The largest absolute Gasteiger partial charge is 0.494 e. The third-order valence-electron chi connectivity index (χ3n) is 2.77. The molecule has 0 saturated carbocycles. The van der Waals surface area contributed by atoms with Crippen molar-refractivity contribution in [1.29, 1.82) is 0 Å². The van der Waals surface area contributed by atoms with E-state index >= 15 is 0 Å². The van der Waals surface area contributed by atoms with Crippen LogP contribution in [0, 0.1) is 0 Å². The highest BCUT2D eigenvalue weighted by molar-refractivity contribution is 5.35. The van der Waals surface area contributed by atoms with Gasteiger partial charge in [0.1, 0.15) is 5.75 Å². The van der Waals surface area contributed by atoms with Crippen LogP contribution in [0.1, 0.15) is 30.5 Å². The lowest BCUT2D eigenvalue weighted by molar-refractivity contribution is 0.317. The van der Waals surface area contributed by atoms with Gasteiger partial charge in [-0.25, -0.2) is 0 Å². The summed E-state index contributed by atoms with van der Waals surface area (Å²) in [6.45, 7) is 2.82. The Labute approximate surface area is 107 Å². The minimum Gasteiger partial charge on any atom is -0.494 e. The molecule has 0 spiro atoms. The van der Waals surface area contributed by atoms with E-state index in [0.29, 0.717) is 0 Å². The molecule has 0 bridgehead atoms. The zero-order chi connectivity index (χ0) is 13.0. The first-order chi connectivity index (χ1) is 8.70. The minimum absolute atomic E-state index is 0.163. The van der Waals surface area contributed by atoms with E-state index in [0.717, 1.165) is 29.9 Å². The number of aromatic nitrogens is 2. The van der Waals surface area contributed by atoms with Gasteiger partial charge in [0.25, 0.3) is 0 Å². The van der Waals surface area contributed by atoms with Gasteiger partial charge in [-0.05, 0) is 24.1 Å². The number of aryl methyl sites for hydroxylation is 1. The topological polar surface area (TPSA) is 53.1 Å². The third kappa shape index (κ3) is 2.90. The van der Waals surface area contributed by atoms with Crippen LogP contribution in [0.25, 0.3) is 0 Å². The zero-order valence-electron chi connectivity index (χ0n) is 10.8. The summed E-state index contributed by atoms with van der Waals surface area (Å²) in [5, 5.41) is 4.14. The smallest absolute Gasteiger partial charge is 0.119 e. The average molecular weight is 245 g/mol. The number of nitrogens with zero attached hydrogens (tertiary/aromatic N) is 2. The standard InChI is InChI=1S/C14H19N3O/c1-3-7-18-13-6-4-5-11(8-13)14(15)12-9-16-17(2)10-12/h4-6,8-10,14H,3,7,15H2,1-2H3. The number of benzene rings is 1. The van der Waals surface area contributed by atoms with E-state index in [-0.39, 0.29) is 6.04 Å². The van der Waals surface area contributed by atoms with Gasteiger partial charge in [0.2, 0.25) is 0 Å². The van der Waals surface area contributed by atoms with Crippen molar-refractivity contribution >= 4 is 0 Å². The van der Waals surface area contributed by atoms with E-state index in [4.69, 9.17) is 10.5 Å². The number of hydrogen-bond donors (Lipinski definition) is 1. The fourth-order valence-electron chi connectivity index (χ4n) is 1.81. The van der Waals surface area contributed by atoms with Crippen molar-refractivity contribution < 1.29 is 4.74 Å². The molecule has 0 amide bonds. The quantitative estimate of drug-likeness (QED) is 0.879. The van der Waals surface area contributed by atoms with Gasteiger partial charge in [0.15, 0.2) is 0 Å². The predicted molar refractivity (Wildman–Crippen MR) is 71.5 cm³/mol. The number of ether oxygens (including phenoxy) is 1. The van der Waals surface area contributed by atoms with Crippen LogP contribution in [-0.4, -0.2) is 16.4 Å². The van der Waals surface area contributed by atoms with Crippen LogP contribution in [0.15, 0.2) is 36.7 Å². The van der Waals surface area contributed by atoms with Crippen LogP contribution in [0.2, 0.25) is 0 Å². The Bertz CT molecular complexity index is 507. The van der Waals surface area contributed by atoms with E-state index in [1.165, 1.54) is 0 Å². The van der Waals surface area contributed by atoms with Crippen LogP contribution >= 0.6 is 0 Å². The summed E-state index contributed by atoms with van der Waals surface area (Å²) in [7, 11) is 1.89. The van der Waals surface area contributed by atoms with Gasteiger partial charge < -0.3 is 10.5 Å². The highest BCUT2D eigenvalue weighted by atomic mass is 16.5. The summed E-state index contributed by atoms with van der Waals surface area (Å²) in [6.07, 6.45) is 4.73. The molecular weight excluding hydrogens is 226 g/mol. The van der Waals surface area contributed by atoms with Gasteiger partial charge in [0.05, 0.1) is 18.8 Å². The summed E-state index contributed by atoms with van der Waals surface area (Å²) in [5.41, 5.74) is 8.26. The molecule has 0 aliphatic carbocycles. The molecule has 2 aromatic rings. The second-order valence-electron chi connectivity index (χ2n) is 4.35. The normalized spacial score (nSPS) is 12.4. The van der Waals surface area contributed by atoms with Crippen molar-refractivity contribution in [3.8, 4) is 5.75 Å². The van der Waals surface area contributed by atoms with Gasteiger partial charge >= 0.3 is 0 Å². The Kier molecular flexibility index (Phi) is 3.99. The van der Waals surface area contributed by atoms with Crippen molar-refractivity contribution in [3.05, 3.63) is 47.8 Å². The van der Waals surface area contributed by atoms with Crippen LogP contribution in [0.5, 0.6) is 5.75 Å². The molecule has 96 valence electrons. The van der Waals surface area contributed by atoms with Gasteiger partial charge in [0, 0.05) is 18.8 Å². The number of hydrogen-bond acceptors (Lipinski definition) is 3. The maximum Gasteiger partial charge on any atom is 0.119 e. The minimum atomic E-state index is -0.163. The fourth-order valence-corrected chi connectivity index (χ4v) is 1.81. The SMILES string of the molecule is CCCOc1cccc(C(N)c2cnn(C)c2)c1. The van der Waals surface area contributed by atoms with Crippen LogP contribution in [-0.2, 0) is 7.05 Å². The predicted octanol–water partition coefficient (Wildman–Crippen LogP) is 2.26. The molecule has 18 heavy (non-hydrogen) atoms. The molecule has 1 heterocycles. The first-order valence-corrected chi connectivity index (χ1v) is 6.17. The Morgan fingerprint density at radius 3 is 2.89 bits per heavy atom. The maximum absolute atomic E-state index is 6.22. The van der Waals surface area contributed by atoms with E-state index in [1.807, 2.05) is 37.5 Å². The number of nitrogens with two attached hydrogens (primary N) is 1. The molecule has 4 nitrogen and oxygen atoms in total. The highest BCUT2D eigenvalue weighted by Crippen LogP contribution is 2.22. The van der Waals surface area contributed by atoms with Crippen molar-refractivity contribution in [2.24, 2.45) is 12.8 Å². The summed E-state index contributed by atoms with van der Waals surface area (Å²) >= 11 is 0. The molecule has 2 N–H and O–H groups in total. The first-order valence-electron chi connectivity index (χ1n) is 6.17. The second kappa shape index (κ2) is 5.69. The molecule has 0 radical (unpaired) electrons. The van der Waals surface area contributed by atoms with Crippen LogP contribution < -0.4 is 10.5 Å². The Hall–Kier alpha value is -1.81. The van der Waals surface area contributed by atoms with Crippen molar-refractivity contribution in [1.82, 2.24) is 9.78 Å². The lowest BCUT2D eigenvalue weighted by atomic mass is 10.0. The summed E-state index contributed by atoms with van der Waals surface area (Å²) in [4.78, 5) is 0. The average Bonchev–Trinajstić information content (AvgIpc) is 2.82. The second-order valence-corrected chi connectivity index (χ2v) is 4.35. The van der Waals surface area contributed by atoms with Gasteiger partial charge in [-0.15, -0.1) is 0 Å². The van der Waals surface area contributed by atoms with E-state index < -0.39 is 0 Å². The lowest BCUT2D eigenvalue weighted by Gasteiger charge is -2.12. The van der Waals surface area contributed by atoms with E-state index in [9.17, 15) is 0 Å². The zero-order valence-corrected chi connectivity index (χ0v) is 10.8. The molecule has 1 aromatic carbocycles. The monoisotopic (exact) mass is 245 g/mol. The molecule has 1 unspecified atom stereocenters. The highest BCUT2D eigenvalue weighted by Gasteiger charge is 2.11. The van der Waals surface area contributed by atoms with Crippen molar-refractivity contribution in [2.45, 2.75) is 19.4 Å². The molecule has 0 aliphatic rings. The maximum atomic E-state index is 6.22. The lowest BCUT2D eigenvalue weighted by Crippen LogP contribution is -2.11. The molecule has 4 heteroatoms. The molecule has 1 atom stereocenters. The van der Waals surface area contributed by atoms with Crippen LogP contribution in [0.4, 0.5) is 0 Å². The third-order valence-corrected chi connectivity index (χ3v) is 2.77. The Morgan fingerprint density at radius 2 is 2.22 bits per heavy atom. The summed E-state index contributed by atoms with van der Waals surface area (Å²) < 4.78 is 7.37.